The Morgan fingerprint density at radius 2 is 1.78 bits per heavy atom. The van der Waals surface area contributed by atoms with Gasteiger partial charge in [0.15, 0.2) is 11.5 Å². The normalized spacial score (nSPS) is 15.6. The zero-order valence-electron chi connectivity index (χ0n) is 13.0. The lowest BCUT2D eigenvalue weighted by molar-refractivity contribution is -0.120. The van der Waals surface area contributed by atoms with E-state index in [1.165, 1.54) is 0 Å². The first kappa shape index (κ1) is 15.4. The average Bonchev–Trinajstić information content (AvgIpc) is 2.61. The average molecular weight is 312 g/mol. The van der Waals surface area contributed by atoms with Crippen molar-refractivity contribution in [2.75, 3.05) is 18.5 Å². The Bertz CT molecular complexity index is 688. The van der Waals surface area contributed by atoms with Crippen LogP contribution in [0.1, 0.15) is 18.5 Å². The van der Waals surface area contributed by atoms with E-state index in [0.29, 0.717) is 30.4 Å². The van der Waals surface area contributed by atoms with Crippen LogP contribution < -0.4 is 20.5 Å². The molecule has 2 aromatic rings. The Morgan fingerprint density at radius 1 is 1.09 bits per heavy atom. The van der Waals surface area contributed by atoms with E-state index >= 15 is 0 Å². The molecule has 120 valence electrons. The summed E-state index contributed by atoms with van der Waals surface area (Å²) >= 11 is 0. The molecule has 0 saturated heterocycles. The van der Waals surface area contributed by atoms with Gasteiger partial charge in [-0.25, -0.2) is 0 Å². The summed E-state index contributed by atoms with van der Waals surface area (Å²) in [7, 11) is 0. The number of hydrogen-bond acceptors (Lipinski definition) is 4. The molecule has 2 unspecified atom stereocenters. The third-order valence-corrected chi connectivity index (χ3v) is 3.95. The molecule has 0 aliphatic carbocycles. The number of nitrogens with one attached hydrogen (secondary N) is 1. The molecule has 3 rings (SSSR count). The number of ether oxygens (including phenoxy) is 2. The van der Waals surface area contributed by atoms with Crippen molar-refractivity contribution >= 4 is 11.6 Å². The molecular formula is C18H20N2O3. The van der Waals surface area contributed by atoms with E-state index in [9.17, 15) is 4.79 Å². The molecule has 0 fully saturated rings. The fourth-order valence-corrected chi connectivity index (χ4v) is 2.50. The first-order chi connectivity index (χ1) is 11.1. The summed E-state index contributed by atoms with van der Waals surface area (Å²) in [6.45, 7) is 2.88. The van der Waals surface area contributed by atoms with Crippen molar-refractivity contribution in [1.82, 2.24) is 0 Å². The van der Waals surface area contributed by atoms with E-state index in [1.54, 1.807) is 18.2 Å². The highest BCUT2D eigenvalue weighted by Gasteiger charge is 2.22. The van der Waals surface area contributed by atoms with Crippen LogP contribution >= 0.6 is 0 Å². The minimum atomic E-state index is -0.356. The minimum absolute atomic E-state index is 0.127. The van der Waals surface area contributed by atoms with Crippen LogP contribution in [-0.2, 0) is 4.79 Å². The molecule has 5 heteroatoms. The van der Waals surface area contributed by atoms with E-state index in [4.69, 9.17) is 15.2 Å². The number of nitrogens with two attached hydrogens (primary N) is 1. The largest absolute Gasteiger partial charge is 0.486 e. The van der Waals surface area contributed by atoms with Crippen LogP contribution in [0.3, 0.4) is 0 Å². The molecule has 23 heavy (non-hydrogen) atoms. The van der Waals surface area contributed by atoms with Crippen LogP contribution in [0, 0.1) is 5.92 Å². The topological polar surface area (TPSA) is 73.6 Å². The molecule has 0 spiro atoms. The molecule has 2 atom stereocenters. The van der Waals surface area contributed by atoms with E-state index in [0.717, 1.165) is 5.56 Å². The second-order valence-corrected chi connectivity index (χ2v) is 5.57. The van der Waals surface area contributed by atoms with Gasteiger partial charge in [0, 0.05) is 17.8 Å². The van der Waals surface area contributed by atoms with Gasteiger partial charge in [0.05, 0.1) is 5.92 Å². The Kier molecular flexibility index (Phi) is 4.48. The zero-order chi connectivity index (χ0) is 16.2. The van der Waals surface area contributed by atoms with Crippen LogP contribution in [0.2, 0.25) is 0 Å². The van der Waals surface area contributed by atoms with Crippen LogP contribution in [0.15, 0.2) is 48.5 Å². The summed E-state index contributed by atoms with van der Waals surface area (Å²) in [4.78, 5) is 12.4. The van der Waals surface area contributed by atoms with Gasteiger partial charge in [-0.15, -0.1) is 0 Å². The van der Waals surface area contributed by atoms with Gasteiger partial charge in [-0.1, -0.05) is 37.3 Å². The van der Waals surface area contributed by atoms with Crippen LogP contribution in [0.5, 0.6) is 11.5 Å². The van der Waals surface area contributed by atoms with E-state index in [2.05, 4.69) is 5.32 Å². The predicted molar refractivity (Wildman–Crippen MR) is 88.6 cm³/mol. The molecule has 0 radical (unpaired) electrons. The van der Waals surface area contributed by atoms with E-state index in [1.807, 2.05) is 37.3 Å². The molecule has 1 amide bonds. The molecule has 5 nitrogen and oxygen atoms in total. The number of fused-ring (bicyclic) bond motifs is 1. The third-order valence-electron chi connectivity index (χ3n) is 3.95. The number of amides is 1. The number of carbonyl (C=O) groups is 1. The predicted octanol–water partition coefficient (Wildman–Crippen LogP) is 2.73. The van der Waals surface area contributed by atoms with Crippen molar-refractivity contribution in [3.63, 3.8) is 0 Å². The Morgan fingerprint density at radius 3 is 2.52 bits per heavy atom. The lowest BCUT2D eigenvalue weighted by atomic mass is 9.94. The zero-order valence-corrected chi connectivity index (χ0v) is 13.0. The monoisotopic (exact) mass is 312 g/mol. The molecule has 1 aliphatic heterocycles. The molecule has 1 heterocycles. The van der Waals surface area contributed by atoms with Crippen molar-refractivity contribution in [3.05, 3.63) is 54.1 Å². The Balaban J connectivity index is 1.69. The molecule has 0 saturated carbocycles. The van der Waals surface area contributed by atoms with Crippen molar-refractivity contribution in [1.29, 1.82) is 0 Å². The van der Waals surface area contributed by atoms with Gasteiger partial charge in [0.25, 0.3) is 0 Å². The first-order valence-electron chi connectivity index (χ1n) is 7.66. The summed E-state index contributed by atoms with van der Waals surface area (Å²) in [5, 5.41) is 2.89. The maximum absolute atomic E-state index is 12.4. The van der Waals surface area contributed by atoms with Crippen LogP contribution in [-0.4, -0.2) is 19.1 Å². The standard InChI is InChI=1S/C18H20N2O3/c1-12(17(19)13-5-3-2-4-6-13)18(21)20-14-7-8-15-16(11-14)23-10-9-22-15/h2-8,11-12,17H,9-10,19H2,1H3,(H,20,21). The van der Waals surface area contributed by atoms with Crippen molar-refractivity contribution in [2.45, 2.75) is 13.0 Å². The van der Waals surface area contributed by atoms with Gasteiger partial charge in [-0.3, -0.25) is 4.79 Å². The molecule has 0 aromatic heterocycles. The number of carbonyl (C=O) groups excluding carboxylic acids is 1. The highest BCUT2D eigenvalue weighted by atomic mass is 16.6. The summed E-state index contributed by atoms with van der Waals surface area (Å²) < 4.78 is 11.0. The Hall–Kier alpha value is -2.53. The number of benzene rings is 2. The van der Waals surface area contributed by atoms with Crippen LogP contribution in [0.4, 0.5) is 5.69 Å². The molecule has 1 aliphatic rings. The second kappa shape index (κ2) is 6.71. The number of anilines is 1. The van der Waals surface area contributed by atoms with E-state index < -0.39 is 0 Å². The number of rotatable bonds is 4. The number of hydrogen-bond donors (Lipinski definition) is 2. The smallest absolute Gasteiger partial charge is 0.229 e. The van der Waals surface area contributed by atoms with Crippen molar-refractivity contribution < 1.29 is 14.3 Å². The maximum atomic E-state index is 12.4. The first-order valence-corrected chi connectivity index (χ1v) is 7.66. The van der Waals surface area contributed by atoms with Gasteiger partial charge in [-0.05, 0) is 17.7 Å². The van der Waals surface area contributed by atoms with E-state index in [-0.39, 0.29) is 17.9 Å². The maximum Gasteiger partial charge on any atom is 0.229 e. The summed E-state index contributed by atoms with van der Waals surface area (Å²) in [6, 6.07) is 14.6. The lowest BCUT2D eigenvalue weighted by Gasteiger charge is -2.21. The highest BCUT2D eigenvalue weighted by Crippen LogP contribution is 2.33. The summed E-state index contributed by atoms with van der Waals surface area (Å²) in [5.41, 5.74) is 7.81. The summed E-state index contributed by atoms with van der Waals surface area (Å²) in [6.07, 6.45) is 0. The third kappa shape index (κ3) is 3.46. The van der Waals surface area contributed by atoms with Gasteiger partial charge >= 0.3 is 0 Å². The van der Waals surface area contributed by atoms with Gasteiger partial charge in [-0.2, -0.15) is 0 Å². The fraction of sp³-hybridized carbons (Fsp3) is 0.278. The van der Waals surface area contributed by atoms with Gasteiger partial charge in [0.1, 0.15) is 13.2 Å². The van der Waals surface area contributed by atoms with Crippen LogP contribution in [0.25, 0.3) is 0 Å². The Labute approximate surface area is 135 Å². The lowest BCUT2D eigenvalue weighted by Crippen LogP contribution is -2.30. The fourth-order valence-electron chi connectivity index (χ4n) is 2.50. The quantitative estimate of drug-likeness (QED) is 0.910. The van der Waals surface area contributed by atoms with Crippen molar-refractivity contribution in [2.24, 2.45) is 11.7 Å². The van der Waals surface area contributed by atoms with Gasteiger partial charge in [0.2, 0.25) is 5.91 Å². The SMILES string of the molecule is CC(C(=O)Nc1ccc2c(c1)OCCO2)C(N)c1ccccc1. The van der Waals surface area contributed by atoms with Gasteiger partial charge < -0.3 is 20.5 Å². The second-order valence-electron chi connectivity index (χ2n) is 5.57. The van der Waals surface area contributed by atoms with Crippen molar-refractivity contribution in [3.8, 4) is 11.5 Å². The summed E-state index contributed by atoms with van der Waals surface area (Å²) in [5.74, 6) is 0.862. The molecule has 0 bridgehead atoms. The molecular weight excluding hydrogens is 292 g/mol. The highest BCUT2D eigenvalue weighted by molar-refractivity contribution is 5.93. The molecule has 2 aromatic carbocycles. The minimum Gasteiger partial charge on any atom is -0.486 e. The molecule has 3 N–H and O–H groups in total.